The van der Waals surface area contributed by atoms with E-state index in [1.807, 2.05) is 33.8 Å². The summed E-state index contributed by atoms with van der Waals surface area (Å²) < 4.78 is 0. The van der Waals surface area contributed by atoms with Gasteiger partial charge in [0.25, 0.3) is 0 Å². The number of rotatable bonds is 2. The van der Waals surface area contributed by atoms with Crippen LogP contribution in [0.15, 0.2) is 12.1 Å². The first-order chi connectivity index (χ1) is 13.3. The molecule has 5 atom stereocenters. The molecule has 5 rings (SSSR count). The number of nitrogens with zero attached hydrogens (tertiary/aromatic N) is 2. The first-order valence-electron chi connectivity index (χ1n) is 10.4. The van der Waals surface area contributed by atoms with E-state index < -0.39 is 17.4 Å². The molecule has 6 heteroatoms. The minimum absolute atomic E-state index is 0.0342. The number of hydrogen-bond acceptors (Lipinski definition) is 4. The van der Waals surface area contributed by atoms with E-state index in [2.05, 4.69) is 16.3 Å². The van der Waals surface area contributed by atoms with Crippen molar-refractivity contribution in [1.82, 2.24) is 9.80 Å². The lowest BCUT2D eigenvalue weighted by Crippen LogP contribution is -2.54. The molecule has 1 N–H and O–H groups in total. The van der Waals surface area contributed by atoms with Gasteiger partial charge in [0, 0.05) is 23.3 Å². The van der Waals surface area contributed by atoms with E-state index in [0.717, 1.165) is 48.2 Å². The lowest BCUT2D eigenvalue weighted by Gasteiger charge is -2.37. The molecular formula is C22H27N3O3. The molecule has 6 nitrogen and oxygen atoms in total. The average Bonchev–Trinajstić information content (AvgIpc) is 3.34. The van der Waals surface area contributed by atoms with Crippen LogP contribution in [0.1, 0.15) is 49.8 Å². The fraction of sp³-hybridized carbons (Fsp3) is 0.591. The highest BCUT2D eigenvalue weighted by Crippen LogP contribution is 2.61. The largest absolute Gasteiger partial charge is 0.324 e. The summed E-state index contributed by atoms with van der Waals surface area (Å²) in [6.45, 7) is 8.67. The third kappa shape index (κ3) is 1.85. The van der Waals surface area contributed by atoms with Gasteiger partial charge in [0.05, 0.1) is 11.8 Å². The molecular weight excluding hydrogens is 354 g/mol. The molecule has 4 aliphatic heterocycles. The second-order valence-electron chi connectivity index (χ2n) is 8.94. The lowest BCUT2D eigenvalue weighted by atomic mass is 9.75. The normalized spacial score (nSPS) is 34.8. The maximum Gasteiger partial charge on any atom is 0.250 e. The summed E-state index contributed by atoms with van der Waals surface area (Å²) in [6, 6.07) is 3.93. The zero-order valence-electron chi connectivity index (χ0n) is 16.9. The number of benzene rings is 1. The molecule has 4 aliphatic rings. The summed E-state index contributed by atoms with van der Waals surface area (Å²) in [6.07, 6.45) is 2.54. The van der Waals surface area contributed by atoms with E-state index >= 15 is 0 Å². The van der Waals surface area contributed by atoms with E-state index in [4.69, 9.17) is 0 Å². The molecule has 28 heavy (non-hydrogen) atoms. The summed E-state index contributed by atoms with van der Waals surface area (Å²) in [7, 11) is 0. The molecule has 3 fully saturated rings. The van der Waals surface area contributed by atoms with E-state index in [1.165, 1.54) is 4.90 Å². The zero-order chi connectivity index (χ0) is 20.0. The van der Waals surface area contributed by atoms with Gasteiger partial charge in [0.2, 0.25) is 17.7 Å². The molecule has 3 amide bonds. The first-order valence-corrected chi connectivity index (χ1v) is 10.4. The highest BCUT2D eigenvalue weighted by molar-refractivity contribution is 6.15. The topological polar surface area (TPSA) is 69.7 Å². The molecule has 148 valence electrons. The van der Waals surface area contributed by atoms with Gasteiger partial charge in [-0.15, -0.1) is 0 Å². The summed E-state index contributed by atoms with van der Waals surface area (Å²) >= 11 is 0. The minimum Gasteiger partial charge on any atom is -0.324 e. The number of fused-ring (bicyclic) bond motifs is 7. The van der Waals surface area contributed by atoms with Crippen LogP contribution >= 0.6 is 0 Å². The highest BCUT2D eigenvalue weighted by Gasteiger charge is 2.74. The Morgan fingerprint density at radius 3 is 2.68 bits per heavy atom. The first kappa shape index (κ1) is 17.9. The van der Waals surface area contributed by atoms with Gasteiger partial charge in [0.1, 0.15) is 5.54 Å². The van der Waals surface area contributed by atoms with Crippen LogP contribution in [0.3, 0.4) is 0 Å². The number of carbonyl (C=O) groups excluding carboxylic acids is 3. The summed E-state index contributed by atoms with van der Waals surface area (Å²) in [5, 5.41) is 3.08. The highest BCUT2D eigenvalue weighted by atomic mass is 16.2. The van der Waals surface area contributed by atoms with Crippen LogP contribution in [0.2, 0.25) is 0 Å². The molecule has 0 aromatic heterocycles. The monoisotopic (exact) mass is 381 g/mol. The maximum atomic E-state index is 13.6. The van der Waals surface area contributed by atoms with Crippen molar-refractivity contribution in [2.75, 3.05) is 11.9 Å². The number of amides is 3. The standard InChI is InChI=1S/C22H27N3O3/c1-5-13(4)25-19(26)16-15-7-6-8-24(15)22(17(16)20(25)27)14-10-11(2)9-12(3)18(14)23-21(22)28/h9-10,13,15-17H,5-8H2,1-4H3,(H,23,28). The SMILES string of the molecule is CCC(C)N1C(=O)C2C3CCCN3C3(C(=O)Nc4c(C)cc(C)cc43)C2C1=O. The van der Waals surface area contributed by atoms with Crippen LogP contribution in [-0.4, -0.2) is 46.1 Å². The van der Waals surface area contributed by atoms with Gasteiger partial charge in [-0.25, -0.2) is 0 Å². The Morgan fingerprint density at radius 1 is 1.21 bits per heavy atom. The van der Waals surface area contributed by atoms with Crippen LogP contribution in [0.4, 0.5) is 5.69 Å². The van der Waals surface area contributed by atoms with Gasteiger partial charge in [-0.3, -0.25) is 24.2 Å². The number of likely N-dealkylation sites (tertiary alicyclic amines) is 1. The molecule has 1 aromatic carbocycles. The Morgan fingerprint density at radius 2 is 1.96 bits per heavy atom. The Bertz CT molecular complexity index is 926. The summed E-state index contributed by atoms with van der Waals surface area (Å²) in [5.74, 6) is -1.42. The van der Waals surface area contributed by atoms with E-state index in [-0.39, 0.29) is 29.8 Å². The van der Waals surface area contributed by atoms with Crippen molar-refractivity contribution in [2.24, 2.45) is 11.8 Å². The van der Waals surface area contributed by atoms with Gasteiger partial charge < -0.3 is 5.32 Å². The number of carbonyl (C=O) groups is 3. The number of imide groups is 1. The number of anilines is 1. The molecule has 1 aromatic rings. The zero-order valence-corrected chi connectivity index (χ0v) is 16.9. The maximum absolute atomic E-state index is 13.6. The lowest BCUT2D eigenvalue weighted by molar-refractivity contribution is -0.147. The van der Waals surface area contributed by atoms with Crippen molar-refractivity contribution >= 4 is 23.4 Å². The Kier molecular flexibility index (Phi) is 3.61. The molecule has 1 spiro atoms. The second-order valence-corrected chi connectivity index (χ2v) is 8.94. The van der Waals surface area contributed by atoms with Gasteiger partial charge in [-0.2, -0.15) is 0 Å². The second kappa shape index (κ2) is 5.66. The van der Waals surface area contributed by atoms with Gasteiger partial charge in [-0.1, -0.05) is 24.6 Å². The summed E-state index contributed by atoms with van der Waals surface area (Å²) in [4.78, 5) is 44.2. The van der Waals surface area contributed by atoms with Crippen molar-refractivity contribution in [3.05, 3.63) is 28.8 Å². The van der Waals surface area contributed by atoms with Crippen LogP contribution < -0.4 is 5.32 Å². The number of hydrogen-bond donors (Lipinski definition) is 1. The van der Waals surface area contributed by atoms with Crippen molar-refractivity contribution in [2.45, 2.75) is 64.6 Å². The molecule has 0 aliphatic carbocycles. The van der Waals surface area contributed by atoms with Crippen LogP contribution in [0.25, 0.3) is 0 Å². The van der Waals surface area contributed by atoms with Gasteiger partial charge >= 0.3 is 0 Å². The number of nitrogens with one attached hydrogen (secondary N) is 1. The van der Waals surface area contributed by atoms with Crippen LogP contribution in [-0.2, 0) is 19.9 Å². The summed E-state index contributed by atoms with van der Waals surface area (Å²) in [5.41, 5.74) is 2.75. The molecule has 0 radical (unpaired) electrons. The van der Waals surface area contributed by atoms with Crippen LogP contribution in [0, 0.1) is 25.7 Å². The quantitative estimate of drug-likeness (QED) is 0.799. The molecule has 3 saturated heterocycles. The minimum atomic E-state index is -1.05. The molecule has 5 unspecified atom stereocenters. The Hall–Kier alpha value is -2.21. The van der Waals surface area contributed by atoms with E-state index in [1.54, 1.807) is 0 Å². The molecule has 0 bridgehead atoms. The predicted molar refractivity (Wildman–Crippen MR) is 105 cm³/mol. The van der Waals surface area contributed by atoms with E-state index in [0.29, 0.717) is 0 Å². The molecule has 4 heterocycles. The fourth-order valence-corrected chi connectivity index (χ4v) is 6.30. The smallest absolute Gasteiger partial charge is 0.250 e. The third-order valence-electron chi connectivity index (χ3n) is 7.51. The predicted octanol–water partition coefficient (Wildman–Crippen LogP) is 2.33. The average molecular weight is 381 g/mol. The van der Waals surface area contributed by atoms with Gasteiger partial charge in [-0.05, 0) is 52.1 Å². The Balaban J connectivity index is 1.76. The molecule has 0 saturated carbocycles. The van der Waals surface area contributed by atoms with Crippen molar-refractivity contribution in [1.29, 1.82) is 0 Å². The van der Waals surface area contributed by atoms with E-state index in [9.17, 15) is 14.4 Å². The third-order valence-corrected chi connectivity index (χ3v) is 7.51. The fourth-order valence-electron chi connectivity index (χ4n) is 6.30. The van der Waals surface area contributed by atoms with Gasteiger partial charge in [0.15, 0.2) is 0 Å². The van der Waals surface area contributed by atoms with Crippen molar-refractivity contribution in [3.8, 4) is 0 Å². The van der Waals surface area contributed by atoms with Crippen LogP contribution in [0.5, 0.6) is 0 Å². The van der Waals surface area contributed by atoms with Crippen molar-refractivity contribution < 1.29 is 14.4 Å². The number of aryl methyl sites for hydroxylation is 2. The Labute approximate surface area is 165 Å². The van der Waals surface area contributed by atoms with Crippen molar-refractivity contribution in [3.63, 3.8) is 0 Å².